The molecule has 67 heavy (non-hydrogen) atoms. The molecular weight excluding hydrogens is 922 g/mol. The van der Waals surface area contributed by atoms with Crippen molar-refractivity contribution in [2.45, 2.75) is 69.1 Å². The van der Waals surface area contributed by atoms with E-state index in [4.69, 9.17) is 18.2 Å². The van der Waals surface area contributed by atoms with E-state index in [1.165, 1.54) is 67.7 Å². The third-order valence-electron chi connectivity index (χ3n) is 11.0. The fraction of sp³-hybridized carbons (Fsp3) is 0.349. The lowest BCUT2D eigenvalue weighted by Crippen LogP contribution is -2.41. The topological polar surface area (TPSA) is 323 Å². The van der Waals surface area contributed by atoms with E-state index in [9.17, 15) is 63.1 Å². The van der Waals surface area contributed by atoms with Crippen LogP contribution in [0.4, 0.5) is 0 Å². The van der Waals surface area contributed by atoms with Gasteiger partial charge in [0.15, 0.2) is 5.43 Å². The lowest BCUT2D eigenvalue weighted by Gasteiger charge is -2.18. The minimum atomic E-state index is -4.64. The standard InChI is InChI=1S/C43H44N5O17PS/c1-22-20-48(43(59)44-39(22)54)37-18-30(51)33(65-37)21-63-66(60,61)62-13-14-67-34-19-36(53)47(41(34)56)12-4-2-3-5-35(52)45-46-40(55)23-6-9-26(42(57)58)29(15-23)38-27-10-7-24(49)16-31(27)64-32-17-25(50)8-11-28(32)38/h6-11,15-17,20,30,33-34,37,49,51H,2-5,12-14,18-19,21H2,1H3,(H,45,52)(H,46,55)(H,57,58)(H,60,61)(H,44,54,59)/t30-,33-,34?,37-/m1/s1. The van der Waals surface area contributed by atoms with E-state index >= 15 is 0 Å². The summed E-state index contributed by atoms with van der Waals surface area (Å²) >= 11 is 1.06. The monoisotopic (exact) mass is 965 g/mol. The zero-order valence-electron chi connectivity index (χ0n) is 35.5. The van der Waals surface area contributed by atoms with Gasteiger partial charge in [-0.15, -0.1) is 11.8 Å². The molecule has 24 heteroatoms. The number of nitrogens with zero attached hydrogens (tertiary/aromatic N) is 2. The molecule has 0 saturated carbocycles. The van der Waals surface area contributed by atoms with Crippen LogP contribution in [0.2, 0.25) is 0 Å². The van der Waals surface area contributed by atoms with Crippen molar-refractivity contribution in [2.75, 3.05) is 25.5 Å². The Balaban J connectivity index is 0.823. The first-order chi connectivity index (χ1) is 31.9. The van der Waals surface area contributed by atoms with Gasteiger partial charge < -0.3 is 29.4 Å². The molecule has 0 radical (unpaired) electrons. The van der Waals surface area contributed by atoms with Crippen LogP contribution in [0.3, 0.4) is 0 Å². The van der Waals surface area contributed by atoms with E-state index in [0.29, 0.717) is 35.8 Å². The Morgan fingerprint density at radius 2 is 1.76 bits per heavy atom. The third-order valence-corrected chi connectivity index (χ3v) is 13.1. The first kappa shape index (κ1) is 48.5. The predicted octanol–water partition coefficient (Wildman–Crippen LogP) is 2.79. The number of aromatic hydroxyl groups is 1. The number of benzene rings is 3. The number of thioether (sulfide) groups is 1. The van der Waals surface area contributed by atoms with Crippen LogP contribution >= 0.6 is 19.6 Å². The molecule has 0 bridgehead atoms. The van der Waals surface area contributed by atoms with Gasteiger partial charge in [-0.2, -0.15) is 0 Å². The van der Waals surface area contributed by atoms with Crippen LogP contribution in [-0.4, -0.2) is 107 Å². The molecule has 2 fully saturated rings. The van der Waals surface area contributed by atoms with Gasteiger partial charge in [0.05, 0.1) is 30.1 Å². The average Bonchev–Trinajstić information content (AvgIpc) is 3.79. The number of phenols is 1. The number of imide groups is 1. The zero-order valence-corrected chi connectivity index (χ0v) is 37.2. The van der Waals surface area contributed by atoms with Crippen molar-refractivity contribution in [3.8, 4) is 28.2 Å². The highest BCUT2D eigenvalue weighted by Crippen LogP contribution is 2.45. The highest BCUT2D eigenvalue weighted by atomic mass is 32.2. The summed E-state index contributed by atoms with van der Waals surface area (Å²) in [4.78, 5) is 113. The summed E-state index contributed by atoms with van der Waals surface area (Å²) in [5.74, 6) is -3.37. The number of H-pyrrole nitrogens is 1. The Kier molecular flexibility index (Phi) is 14.9. The number of aromatic amines is 1. The number of carboxylic acid groups (broad SMARTS) is 1. The number of nitrogens with one attached hydrogen (secondary N) is 3. The van der Waals surface area contributed by atoms with Crippen molar-refractivity contribution >= 4 is 60.2 Å². The quantitative estimate of drug-likeness (QED) is 0.0218. The number of likely N-dealkylation sites (tertiary alicyclic amines) is 1. The number of aliphatic hydroxyl groups is 1. The van der Waals surface area contributed by atoms with Crippen molar-refractivity contribution in [1.82, 2.24) is 25.3 Å². The molecule has 7 rings (SSSR count). The molecule has 1 aliphatic carbocycles. The first-order valence-corrected chi connectivity index (χ1v) is 23.3. The Bertz CT molecular complexity index is 2950. The van der Waals surface area contributed by atoms with Gasteiger partial charge in [0, 0.05) is 77.5 Å². The molecule has 0 spiro atoms. The van der Waals surface area contributed by atoms with Crippen LogP contribution in [-0.2, 0) is 32.7 Å². The van der Waals surface area contributed by atoms with Gasteiger partial charge in [-0.1, -0.05) is 6.42 Å². The van der Waals surface area contributed by atoms with Crippen LogP contribution in [0.15, 0.2) is 79.6 Å². The molecule has 2 saturated heterocycles. The highest BCUT2D eigenvalue weighted by molar-refractivity contribution is 8.00. The Labute approximate surface area is 382 Å². The van der Waals surface area contributed by atoms with Gasteiger partial charge >= 0.3 is 19.5 Å². The number of carboxylic acids is 1. The van der Waals surface area contributed by atoms with Crippen molar-refractivity contribution in [3.63, 3.8) is 0 Å². The molecular formula is C43H44N5O17PS. The van der Waals surface area contributed by atoms with Crippen LogP contribution in [0.25, 0.3) is 33.4 Å². The van der Waals surface area contributed by atoms with E-state index in [1.807, 2.05) is 0 Å². The molecule has 354 valence electrons. The molecule has 4 heterocycles. The summed E-state index contributed by atoms with van der Waals surface area (Å²) in [6.45, 7) is 0.711. The summed E-state index contributed by atoms with van der Waals surface area (Å²) in [5.41, 5.74) is 4.02. The number of phosphoric ester groups is 1. The molecule has 1 aromatic heterocycles. The molecule has 4 amide bonds. The molecule has 4 aliphatic rings. The molecule has 7 N–H and O–H groups in total. The van der Waals surface area contributed by atoms with E-state index in [-0.39, 0.29) is 82.9 Å². The van der Waals surface area contributed by atoms with E-state index in [2.05, 4.69) is 15.8 Å². The van der Waals surface area contributed by atoms with Crippen molar-refractivity contribution in [3.05, 3.63) is 109 Å². The van der Waals surface area contributed by atoms with Crippen LogP contribution in [0, 0.1) is 6.92 Å². The van der Waals surface area contributed by atoms with Crippen molar-refractivity contribution in [2.24, 2.45) is 0 Å². The van der Waals surface area contributed by atoms with Gasteiger partial charge in [-0.25, -0.2) is 14.2 Å². The summed E-state index contributed by atoms with van der Waals surface area (Å²) in [5, 5.41) is 30.2. The predicted molar refractivity (Wildman–Crippen MR) is 237 cm³/mol. The number of aromatic carboxylic acids is 1. The minimum Gasteiger partial charge on any atom is -0.508 e. The van der Waals surface area contributed by atoms with Crippen LogP contribution < -0.4 is 27.5 Å². The zero-order chi connectivity index (χ0) is 48.2. The van der Waals surface area contributed by atoms with E-state index < -0.39 is 79.0 Å². The Hall–Kier alpha value is -6.46. The number of fused-ring (bicyclic) bond motifs is 2. The fourth-order valence-electron chi connectivity index (χ4n) is 7.62. The number of hydrogen-bond donors (Lipinski definition) is 7. The van der Waals surface area contributed by atoms with Crippen molar-refractivity contribution in [1.29, 1.82) is 0 Å². The number of hydrazine groups is 1. The van der Waals surface area contributed by atoms with Gasteiger partial charge in [-0.3, -0.25) is 63.1 Å². The number of aliphatic hydroxyl groups excluding tert-OH is 1. The number of aromatic nitrogens is 2. The smallest absolute Gasteiger partial charge is 0.472 e. The Morgan fingerprint density at radius 1 is 0.970 bits per heavy atom. The lowest BCUT2D eigenvalue weighted by molar-refractivity contribution is -0.138. The lowest BCUT2D eigenvalue weighted by atomic mass is 9.89. The van der Waals surface area contributed by atoms with Crippen molar-refractivity contribution < 1.29 is 67.0 Å². The first-order valence-electron chi connectivity index (χ1n) is 20.8. The number of amides is 4. The third kappa shape index (κ3) is 11.4. The number of carbonyl (C=O) groups excluding carboxylic acids is 4. The molecule has 2 unspecified atom stereocenters. The number of rotatable bonds is 18. The number of phenolic OH excluding ortho intramolecular Hbond substituents is 1. The number of phosphoric acid groups is 1. The maximum atomic E-state index is 13.2. The highest BCUT2D eigenvalue weighted by Gasteiger charge is 2.40. The minimum absolute atomic E-state index is 0.00368. The largest absolute Gasteiger partial charge is 0.508 e. The van der Waals surface area contributed by atoms with Crippen LogP contribution in [0.5, 0.6) is 5.75 Å². The van der Waals surface area contributed by atoms with E-state index in [0.717, 1.165) is 21.2 Å². The average molecular weight is 966 g/mol. The summed E-state index contributed by atoms with van der Waals surface area (Å²) < 4.78 is 35.1. The van der Waals surface area contributed by atoms with Crippen LogP contribution in [0.1, 0.15) is 71.0 Å². The number of aryl methyl sites for hydroxylation is 1. The number of ether oxygens (including phenoxy) is 1. The molecule has 3 aliphatic heterocycles. The molecule has 2 aromatic carbocycles. The number of hydrogen-bond acceptors (Lipinski definition) is 16. The second-order valence-electron chi connectivity index (χ2n) is 15.6. The maximum Gasteiger partial charge on any atom is 0.472 e. The number of unbranched alkanes of at least 4 members (excludes halogenated alkanes) is 2. The van der Waals surface area contributed by atoms with Gasteiger partial charge in [-0.05, 0) is 67.8 Å². The molecule has 22 nitrogen and oxygen atoms in total. The normalized spacial score (nSPS) is 19.2. The molecule has 3 aromatic rings. The SMILES string of the molecule is Cc1cn([C@H]2C[C@@H](O)[C@@H](COP(=O)(O)OCCSC3CC(=O)N(CCCCCC(=O)NNC(=O)c4ccc(C(=O)O)c(-c5c6ccc(=O)cc-6oc6cc(O)ccc56)c4)C3=O)O2)c(=O)[nH]c1=O. The maximum absolute atomic E-state index is 13.2. The summed E-state index contributed by atoms with van der Waals surface area (Å²) in [7, 11) is -4.64. The summed E-state index contributed by atoms with van der Waals surface area (Å²) in [6.07, 6.45) is -0.919. The fourth-order valence-corrected chi connectivity index (χ4v) is 9.47. The summed E-state index contributed by atoms with van der Waals surface area (Å²) in [6, 6.07) is 12.1. The number of carbonyl (C=O) groups is 5. The van der Waals surface area contributed by atoms with Gasteiger partial charge in [0.1, 0.15) is 29.4 Å². The second-order valence-corrected chi connectivity index (χ2v) is 18.4. The van der Waals surface area contributed by atoms with Gasteiger partial charge in [0.2, 0.25) is 17.7 Å². The Morgan fingerprint density at radius 3 is 2.54 bits per heavy atom. The second kappa shape index (κ2) is 20.6. The molecule has 5 atom stereocenters. The van der Waals surface area contributed by atoms with E-state index in [1.54, 1.807) is 0 Å². The van der Waals surface area contributed by atoms with Gasteiger partial charge in [0.25, 0.3) is 11.5 Å².